The van der Waals surface area contributed by atoms with Crippen molar-refractivity contribution < 1.29 is 17.9 Å². The molecule has 5 heteroatoms. The van der Waals surface area contributed by atoms with Crippen LogP contribution in [0.3, 0.4) is 0 Å². The van der Waals surface area contributed by atoms with Crippen LogP contribution in [0.15, 0.2) is 53.4 Å². The van der Waals surface area contributed by atoms with Gasteiger partial charge in [0.25, 0.3) is 0 Å². The van der Waals surface area contributed by atoms with E-state index in [4.69, 9.17) is 4.74 Å². The minimum absolute atomic E-state index is 0.134. The van der Waals surface area contributed by atoms with E-state index in [-0.39, 0.29) is 10.7 Å². The van der Waals surface area contributed by atoms with E-state index in [0.717, 1.165) is 6.26 Å². The van der Waals surface area contributed by atoms with Gasteiger partial charge >= 0.3 is 0 Å². The number of hydrogen-bond acceptors (Lipinski definition) is 4. The molecule has 110 valence electrons. The van der Waals surface area contributed by atoms with Crippen LogP contribution in [-0.4, -0.2) is 27.1 Å². The van der Waals surface area contributed by atoms with Crippen molar-refractivity contribution in [2.75, 3.05) is 12.9 Å². The quantitative estimate of drug-likeness (QED) is 0.797. The van der Waals surface area contributed by atoms with Crippen molar-refractivity contribution >= 4 is 15.6 Å². The second-order valence-electron chi connectivity index (χ2n) is 4.59. The number of hydrogen-bond donors (Lipinski definition) is 0. The minimum Gasteiger partial charge on any atom is -0.494 e. The summed E-state index contributed by atoms with van der Waals surface area (Å²) in [6, 6.07) is 12.9. The number of ether oxygens (including phenoxy) is 1. The molecular weight excluding hydrogens is 288 g/mol. The summed E-state index contributed by atoms with van der Waals surface area (Å²) in [6.45, 7) is 2.38. The zero-order valence-electron chi connectivity index (χ0n) is 11.9. The second kappa shape index (κ2) is 6.10. The van der Waals surface area contributed by atoms with Gasteiger partial charge in [0.1, 0.15) is 5.75 Å². The molecule has 0 aliphatic rings. The number of sulfone groups is 1. The van der Waals surface area contributed by atoms with Gasteiger partial charge in [0.2, 0.25) is 0 Å². The summed E-state index contributed by atoms with van der Waals surface area (Å²) in [5.74, 6) is 0.379. The van der Waals surface area contributed by atoms with Gasteiger partial charge in [-0.25, -0.2) is 8.42 Å². The standard InChI is InChI=1S/C16H16O4S/c1-3-20-14-8-4-6-12(10-14)16(17)13-7-5-9-15(11-13)21(2,18)19/h4-11H,3H2,1-2H3. The van der Waals surface area contributed by atoms with Crippen molar-refractivity contribution in [3.8, 4) is 5.75 Å². The number of benzene rings is 2. The molecule has 4 nitrogen and oxygen atoms in total. The van der Waals surface area contributed by atoms with Crippen LogP contribution in [0.4, 0.5) is 0 Å². The molecule has 2 rings (SSSR count). The van der Waals surface area contributed by atoms with E-state index >= 15 is 0 Å². The van der Waals surface area contributed by atoms with Crippen LogP contribution in [0.2, 0.25) is 0 Å². The van der Waals surface area contributed by atoms with Crippen LogP contribution in [-0.2, 0) is 9.84 Å². The Kier molecular flexibility index (Phi) is 4.43. The highest BCUT2D eigenvalue weighted by molar-refractivity contribution is 7.90. The maximum atomic E-state index is 12.4. The molecule has 0 aromatic heterocycles. The first-order valence-corrected chi connectivity index (χ1v) is 8.38. The molecule has 0 unspecified atom stereocenters. The van der Waals surface area contributed by atoms with E-state index in [1.165, 1.54) is 12.1 Å². The minimum atomic E-state index is -3.33. The molecule has 0 heterocycles. The van der Waals surface area contributed by atoms with Gasteiger partial charge in [-0.3, -0.25) is 4.79 Å². The summed E-state index contributed by atoms with van der Waals surface area (Å²) in [6.07, 6.45) is 1.12. The van der Waals surface area contributed by atoms with Crippen molar-refractivity contribution in [2.24, 2.45) is 0 Å². The highest BCUT2D eigenvalue weighted by atomic mass is 32.2. The highest BCUT2D eigenvalue weighted by Gasteiger charge is 2.13. The Hall–Kier alpha value is -2.14. The third kappa shape index (κ3) is 3.70. The highest BCUT2D eigenvalue weighted by Crippen LogP contribution is 2.18. The summed E-state index contributed by atoms with van der Waals surface area (Å²) in [5, 5.41) is 0. The lowest BCUT2D eigenvalue weighted by atomic mass is 10.0. The summed E-state index contributed by atoms with van der Waals surface area (Å²) in [7, 11) is -3.33. The average Bonchev–Trinajstić information content (AvgIpc) is 2.46. The Labute approximate surface area is 124 Å². The number of ketones is 1. The molecule has 0 aliphatic carbocycles. The third-order valence-corrected chi connectivity index (χ3v) is 4.04. The van der Waals surface area contributed by atoms with E-state index in [2.05, 4.69) is 0 Å². The first-order chi connectivity index (χ1) is 9.91. The summed E-state index contributed by atoms with van der Waals surface area (Å²) in [4.78, 5) is 12.6. The molecule has 0 fully saturated rings. The van der Waals surface area contributed by atoms with Crippen LogP contribution < -0.4 is 4.74 Å². The van der Waals surface area contributed by atoms with Crippen LogP contribution in [0.25, 0.3) is 0 Å². The lowest BCUT2D eigenvalue weighted by Crippen LogP contribution is -2.04. The normalized spacial score (nSPS) is 11.1. The van der Waals surface area contributed by atoms with Gasteiger partial charge in [0.15, 0.2) is 15.6 Å². The first kappa shape index (κ1) is 15.3. The molecule has 0 bridgehead atoms. The molecule has 0 saturated heterocycles. The van der Waals surface area contributed by atoms with Gasteiger partial charge in [0, 0.05) is 17.4 Å². The van der Waals surface area contributed by atoms with Gasteiger partial charge in [-0.1, -0.05) is 24.3 Å². The molecule has 0 aliphatic heterocycles. The van der Waals surface area contributed by atoms with Gasteiger partial charge in [-0.2, -0.15) is 0 Å². The van der Waals surface area contributed by atoms with Crippen LogP contribution in [0.5, 0.6) is 5.75 Å². The van der Waals surface area contributed by atoms with Crippen molar-refractivity contribution in [1.82, 2.24) is 0 Å². The van der Waals surface area contributed by atoms with E-state index in [0.29, 0.717) is 23.5 Å². The molecular formula is C16H16O4S. The van der Waals surface area contributed by atoms with Gasteiger partial charge < -0.3 is 4.74 Å². The molecule has 21 heavy (non-hydrogen) atoms. The van der Waals surface area contributed by atoms with E-state index in [9.17, 15) is 13.2 Å². The largest absolute Gasteiger partial charge is 0.494 e. The van der Waals surface area contributed by atoms with Gasteiger partial charge in [-0.15, -0.1) is 0 Å². The summed E-state index contributed by atoms with van der Waals surface area (Å²) in [5.41, 5.74) is 0.804. The van der Waals surface area contributed by atoms with Crippen LogP contribution >= 0.6 is 0 Å². The van der Waals surface area contributed by atoms with E-state index < -0.39 is 9.84 Å². The Bertz CT molecular complexity index is 763. The van der Waals surface area contributed by atoms with Crippen LogP contribution in [0.1, 0.15) is 22.8 Å². The van der Waals surface area contributed by atoms with Crippen molar-refractivity contribution in [3.05, 3.63) is 59.7 Å². The average molecular weight is 304 g/mol. The fraction of sp³-hybridized carbons (Fsp3) is 0.188. The second-order valence-corrected chi connectivity index (χ2v) is 6.61. The van der Waals surface area contributed by atoms with Crippen molar-refractivity contribution in [3.63, 3.8) is 0 Å². The predicted octanol–water partition coefficient (Wildman–Crippen LogP) is 2.72. The Morgan fingerprint density at radius 2 is 1.67 bits per heavy atom. The lowest BCUT2D eigenvalue weighted by Gasteiger charge is -2.06. The smallest absolute Gasteiger partial charge is 0.193 e. The lowest BCUT2D eigenvalue weighted by molar-refractivity contribution is 0.103. The van der Waals surface area contributed by atoms with Crippen molar-refractivity contribution in [1.29, 1.82) is 0 Å². The molecule has 0 amide bonds. The summed E-state index contributed by atoms with van der Waals surface area (Å²) < 4.78 is 28.5. The monoisotopic (exact) mass is 304 g/mol. The Balaban J connectivity index is 2.38. The third-order valence-electron chi connectivity index (χ3n) is 2.93. The molecule has 2 aromatic rings. The fourth-order valence-electron chi connectivity index (χ4n) is 1.93. The Morgan fingerprint density at radius 1 is 1.05 bits per heavy atom. The molecule has 0 spiro atoms. The zero-order chi connectivity index (χ0) is 15.5. The SMILES string of the molecule is CCOc1cccc(C(=O)c2cccc(S(C)(=O)=O)c2)c1. The van der Waals surface area contributed by atoms with E-state index in [1.54, 1.807) is 36.4 Å². The number of carbonyl (C=O) groups is 1. The van der Waals surface area contributed by atoms with Gasteiger partial charge in [-0.05, 0) is 31.2 Å². The predicted molar refractivity (Wildman–Crippen MR) is 80.6 cm³/mol. The first-order valence-electron chi connectivity index (χ1n) is 6.49. The summed E-state index contributed by atoms with van der Waals surface area (Å²) >= 11 is 0. The number of rotatable bonds is 5. The fourth-order valence-corrected chi connectivity index (χ4v) is 2.60. The molecule has 0 radical (unpaired) electrons. The van der Waals surface area contributed by atoms with Crippen LogP contribution in [0, 0.1) is 0 Å². The Morgan fingerprint density at radius 3 is 2.29 bits per heavy atom. The number of carbonyl (C=O) groups excluding carboxylic acids is 1. The van der Waals surface area contributed by atoms with Gasteiger partial charge in [0.05, 0.1) is 11.5 Å². The molecule has 0 saturated carbocycles. The van der Waals surface area contributed by atoms with Crippen molar-refractivity contribution in [2.45, 2.75) is 11.8 Å². The maximum Gasteiger partial charge on any atom is 0.193 e. The molecule has 0 atom stereocenters. The molecule has 2 aromatic carbocycles. The maximum absolute atomic E-state index is 12.4. The topological polar surface area (TPSA) is 60.4 Å². The van der Waals surface area contributed by atoms with E-state index in [1.807, 2.05) is 6.92 Å². The zero-order valence-corrected chi connectivity index (χ0v) is 12.7. The molecule has 0 N–H and O–H groups in total.